The van der Waals surface area contributed by atoms with E-state index in [0.717, 1.165) is 12.8 Å². The molecule has 0 amide bonds. The van der Waals surface area contributed by atoms with Crippen molar-refractivity contribution in [3.63, 3.8) is 0 Å². The predicted octanol–water partition coefficient (Wildman–Crippen LogP) is 2.61. The Morgan fingerprint density at radius 2 is 2.20 bits per heavy atom. The van der Waals surface area contributed by atoms with E-state index in [1.54, 1.807) is 18.2 Å². The van der Waals surface area contributed by atoms with Crippen LogP contribution in [0, 0.1) is 0 Å². The molecular weight excluding hydrogens is 210 g/mol. The standard InChI is InChI=1S/C11H15NO2S/c1-2-3-8-14-10-7-5-4-6-9(10)11(13)15-12/h4-7H,2-3,8,12H2,1H3. The normalized spacial score (nSPS) is 10.0. The first-order valence-electron chi connectivity index (χ1n) is 4.92. The van der Waals surface area contributed by atoms with Crippen LogP contribution < -0.4 is 9.88 Å². The molecule has 0 bridgehead atoms. The van der Waals surface area contributed by atoms with E-state index < -0.39 is 0 Å². The Balaban J connectivity index is 2.73. The molecule has 0 saturated carbocycles. The number of benzene rings is 1. The number of rotatable bonds is 5. The number of ether oxygens (including phenoxy) is 1. The number of nitrogens with two attached hydrogens (primary N) is 1. The van der Waals surface area contributed by atoms with Crippen LogP contribution in [0.3, 0.4) is 0 Å². The number of para-hydroxylation sites is 1. The zero-order valence-electron chi connectivity index (χ0n) is 8.73. The van der Waals surface area contributed by atoms with Gasteiger partial charge >= 0.3 is 0 Å². The number of unbranched alkanes of at least 4 members (excludes halogenated alkanes) is 1. The summed E-state index contributed by atoms with van der Waals surface area (Å²) < 4.78 is 5.51. The summed E-state index contributed by atoms with van der Waals surface area (Å²) in [6, 6.07) is 7.16. The van der Waals surface area contributed by atoms with Gasteiger partial charge in [-0.15, -0.1) is 0 Å². The highest BCUT2D eigenvalue weighted by atomic mass is 32.2. The third kappa shape index (κ3) is 3.57. The van der Waals surface area contributed by atoms with Gasteiger partial charge in [-0.25, -0.2) is 0 Å². The van der Waals surface area contributed by atoms with Crippen LogP contribution in [0.2, 0.25) is 0 Å². The Kier molecular flexibility index (Phi) is 5.21. The molecule has 1 aromatic rings. The molecule has 0 heterocycles. The highest BCUT2D eigenvalue weighted by molar-refractivity contribution is 8.12. The van der Waals surface area contributed by atoms with Crippen molar-refractivity contribution in [1.29, 1.82) is 0 Å². The maximum atomic E-state index is 11.4. The molecule has 0 spiro atoms. The van der Waals surface area contributed by atoms with Crippen molar-refractivity contribution in [3.05, 3.63) is 29.8 Å². The van der Waals surface area contributed by atoms with E-state index in [-0.39, 0.29) is 5.12 Å². The molecule has 0 aliphatic heterocycles. The first kappa shape index (κ1) is 12.1. The second kappa shape index (κ2) is 6.48. The first-order valence-corrected chi connectivity index (χ1v) is 5.80. The molecule has 4 heteroatoms. The first-order chi connectivity index (χ1) is 7.29. The SMILES string of the molecule is CCCCOc1ccccc1C(=O)SN. The Morgan fingerprint density at radius 1 is 1.47 bits per heavy atom. The van der Waals surface area contributed by atoms with Gasteiger partial charge in [-0.05, 0) is 30.5 Å². The van der Waals surface area contributed by atoms with E-state index in [9.17, 15) is 4.79 Å². The summed E-state index contributed by atoms with van der Waals surface area (Å²) >= 11 is 0.712. The number of hydrogen-bond donors (Lipinski definition) is 1. The zero-order valence-corrected chi connectivity index (χ0v) is 9.55. The average Bonchev–Trinajstić information content (AvgIpc) is 2.29. The fraction of sp³-hybridized carbons (Fsp3) is 0.364. The van der Waals surface area contributed by atoms with Crippen LogP contribution >= 0.6 is 11.9 Å². The van der Waals surface area contributed by atoms with Gasteiger partial charge in [0.05, 0.1) is 12.2 Å². The van der Waals surface area contributed by atoms with Crippen LogP contribution in [0.15, 0.2) is 24.3 Å². The summed E-state index contributed by atoms with van der Waals surface area (Å²) in [5.74, 6) is 0.619. The Labute approximate surface area is 94.1 Å². The van der Waals surface area contributed by atoms with Crippen LogP contribution in [-0.4, -0.2) is 11.7 Å². The van der Waals surface area contributed by atoms with E-state index >= 15 is 0 Å². The largest absolute Gasteiger partial charge is 0.493 e. The summed E-state index contributed by atoms with van der Waals surface area (Å²) in [6.07, 6.45) is 2.06. The average molecular weight is 225 g/mol. The van der Waals surface area contributed by atoms with Crippen molar-refractivity contribution in [2.45, 2.75) is 19.8 Å². The van der Waals surface area contributed by atoms with Gasteiger partial charge in [0.25, 0.3) is 0 Å². The van der Waals surface area contributed by atoms with Crippen molar-refractivity contribution >= 4 is 17.1 Å². The van der Waals surface area contributed by atoms with Crippen molar-refractivity contribution < 1.29 is 9.53 Å². The molecule has 0 fully saturated rings. The molecule has 0 atom stereocenters. The van der Waals surface area contributed by atoms with Gasteiger partial charge in [0.2, 0.25) is 5.12 Å². The lowest BCUT2D eigenvalue weighted by molar-refractivity contribution is 0.108. The van der Waals surface area contributed by atoms with Crippen molar-refractivity contribution in [2.75, 3.05) is 6.61 Å². The van der Waals surface area contributed by atoms with E-state index in [0.29, 0.717) is 29.9 Å². The van der Waals surface area contributed by atoms with Gasteiger partial charge < -0.3 is 4.74 Å². The molecule has 82 valence electrons. The van der Waals surface area contributed by atoms with E-state index in [2.05, 4.69) is 6.92 Å². The number of carbonyl (C=O) groups is 1. The Hall–Kier alpha value is -1.00. The zero-order chi connectivity index (χ0) is 11.1. The van der Waals surface area contributed by atoms with Gasteiger partial charge in [0.1, 0.15) is 5.75 Å². The van der Waals surface area contributed by atoms with Gasteiger partial charge in [-0.1, -0.05) is 25.5 Å². The summed E-state index contributed by atoms with van der Waals surface area (Å²) in [7, 11) is 0. The third-order valence-corrected chi connectivity index (χ3v) is 2.40. The lowest BCUT2D eigenvalue weighted by atomic mass is 10.2. The minimum absolute atomic E-state index is 0.165. The summed E-state index contributed by atoms with van der Waals surface area (Å²) in [4.78, 5) is 11.4. The van der Waals surface area contributed by atoms with Gasteiger partial charge in [-0.3, -0.25) is 9.93 Å². The fourth-order valence-electron chi connectivity index (χ4n) is 1.15. The van der Waals surface area contributed by atoms with Crippen LogP contribution in [0.4, 0.5) is 0 Å². The molecule has 0 unspecified atom stereocenters. The minimum Gasteiger partial charge on any atom is -0.493 e. The molecule has 15 heavy (non-hydrogen) atoms. The number of carbonyl (C=O) groups excluding carboxylic acids is 1. The van der Waals surface area contributed by atoms with Crippen LogP contribution in [0.25, 0.3) is 0 Å². The summed E-state index contributed by atoms with van der Waals surface area (Å²) in [5, 5.41) is 5.07. The maximum absolute atomic E-state index is 11.4. The monoisotopic (exact) mass is 225 g/mol. The molecule has 3 nitrogen and oxygen atoms in total. The lowest BCUT2D eigenvalue weighted by Crippen LogP contribution is -2.04. The summed E-state index contributed by atoms with van der Waals surface area (Å²) in [5.41, 5.74) is 0.543. The Morgan fingerprint density at radius 3 is 2.87 bits per heavy atom. The second-order valence-corrected chi connectivity index (χ2v) is 3.71. The quantitative estimate of drug-likeness (QED) is 0.618. The van der Waals surface area contributed by atoms with Gasteiger partial charge in [0, 0.05) is 0 Å². The molecule has 2 N–H and O–H groups in total. The molecular formula is C11H15NO2S. The topological polar surface area (TPSA) is 52.3 Å². The smallest absolute Gasteiger partial charge is 0.237 e. The highest BCUT2D eigenvalue weighted by Crippen LogP contribution is 2.21. The van der Waals surface area contributed by atoms with E-state index in [1.165, 1.54) is 0 Å². The molecule has 1 aromatic carbocycles. The number of hydrogen-bond acceptors (Lipinski definition) is 4. The molecule has 1 rings (SSSR count). The van der Waals surface area contributed by atoms with Crippen molar-refractivity contribution in [2.24, 2.45) is 5.14 Å². The lowest BCUT2D eigenvalue weighted by Gasteiger charge is -2.08. The van der Waals surface area contributed by atoms with Crippen LogP contribution in [0.1, 0.15) is 30.1 Å². The third-order valence-electron chi connectivity index (χ3n) is 1.97. The molecule has 0 aliphatic rings. The van der Waals surface area contributed by atoms with Crippen molar-refractivity contribution in [3.8, 4) is 5.75 Å². The van der Waals surface area contributed by atoms with Gasteiger partial charge in [0.15, 0.2) is 0 Å². The summed E-state index contributed by atoms with van der Waals surface area (Å²) in [6.45, 7) is 2.73. The van der Waals surface area contributed by atoms with Crippen molar-refractivity contribution in [1.82, 2.24) is 0 Å². The maximum Gasteiger partial charge on any atom is 0.237 e. The fourth-order valence-corrected chi connectivity index (χ4v) is 1.45. The molecule has 0 saturated heterocycles. The van der Waals surface area contributed by atoms with Crippen LogP contribution in [0.5, 0.6) is 5.75 Å². The highest BCUT2D eigenvalue weighted by Gasteiger charge is 2.10. The molecule has 0 radical (unpaired) electrons. The second-order valence-electron chi connectivity index (χ2n) is 3.10. The predicted molar refractivity (Wildman–Crippen MR) is 63.0 cm³/mol. The minimum atomic E-state index is -0.165. The van der Waals surface area contributed by atoms with E-state index in [4.69, 9.17) is 9.88 Å². The molecule has 0 aromatic heterocycles. The Bertz CT molecular complexity index is 328. The van der Waals surface area contributed by atoms with E-state index in [1.807, 2.05) is 6.07 Å². The molecule has 0 aliphatic carbocycles. The van der Waals surface area contributed by atoms with Gasteiger partial charge in [-0.2, -0.15) is 0 Å². The van der Waals surface area contributed by atoms with Crippen LogP contribution in [-0.2, 0) is 0 Å².